The minimum atomic E-state index is -0.750. The zero-order chi connectivity index (χ0) is 24.9. The van der Waals surface area contributed by atoms with Crippen LogP contribution in [0.4, 0.5) is 5.69 Å². The summed E-state index contributed by atoms with van der Waals surface area (Å²) in [6, 6.07) is 2.56. The van der Waals surface area contributed by atoms with Crippen LogP contribution < -0.4 is 10.6 Å². The highest BCUT2D eigenvalue weighted by Crippen LogP contribution is 2.37. The summed E-state index contributed by atoms with van der Waals surface area (Å²) >= 11 is 0. The van der Waals surface area contributed by atoms with Gasteiger partial charge in [-0.3, -0.25) is 24.5 Å². The first-order valence-electron chi connectivity index (χ1n) is 11.8. The highest BCUT2D eigenvalue weighted by Gasteiger charge is 2.31. The van der Waals surface area contributed by atoms with Gasteiger partial charge in [0.1, 0.15) is 6.04 Å². The molecular weight excluding hydrogens is 454 g/mol. The fourth-order valence-electron chi connectivity index (χ4n) is 4.66. The highest BCUT2D eigenvalue weighted by molar-refractivity contribution is 6.06. The molecule has 0 aromatic rings. The number of hydrogen-bond donors (Lipinski definition) is 2. The van der Waals surface area contributed by atoms with Crippen LogP contribution in [0.3, 0.4) is 0 Å². The van der Waals surface area contributed by atoms with Gasteiger partial charge < -0.3 is 24.9 Å². The van der Waals surface area contributed by atoms with E-state index >= 15 is 0 Å². The minimum Gasteiger partial charge on any atom is -0.472 e. The molecule has 2 N–H and O–H groups in total. The first-order valence-corrected chi connectivity index (χ1v) is 11.8. The number of hydrogen-bond acceptors (Lipinski definition) is 8. The van der Waals surface area contributed by atoms with Gasteiger partial charge in [-0.25, -0.2) is 0 Å². The van der Waals surface area contributed by atoms with Crippen LogP contribution in [-0.4, -0.2) is 64.5 Å². The van der Waals surface area contributed by atoms with Crippen molar-refractivity contribution in [3.63, 3.8) is 0 Å². The van der Waals surface area contributed by atoms with Crippen molar-refractivity contribution in [3.05, 3.63) is 52.4 Å². The van der Waals surface area contributed by atoms with E-state index in [4.69, 9.17) is 4.42 Å². The highest BCUT2D eigenvalue weighted by atomic mass is 16.6. The van der Waals surface area contributed by atoms with Crippen LogP contribution >= 0.6 is 0 Å². The average molecular weight is 484 g/mol. The average Bonchev–Trinajstić information content (AvgIpc) is 3.44. The van der Waals surface area contributed by atoms with E-state index in [9.17, 15) is 24.5 Å². The fourth-order valence-corrected chi connectivity index (χ4v) is 4.66. The van der Waals surface area contributed by atoms with Crippen molar-refractivity contribution in [2.45, 2.75) is 45.1 Å². The van der Waals surface area contributed by atoms with Crippen molar-refractivity contribution in [1.29, 1.82) is 0 Å². The van der Waals surface area contributed by atoms with E-state index in [1.165, 1.54) is 24.3 Å². The normalized spacial score (nSPS) is 19.1. The van der Waals surface area contributed by atoms with Crippen LogP contribution in [0, 0.1) is 10.1 Å². The Hall–Kier alpha value is -3.89. The molecule has 4 aliphatic rings. The predicted octanol–water partition coefficient (Wildman–Crippen LogP) is 2.67. The van der Waals surface area contributed by atoms with Crippen LogP contribution in [-0.2, 0) is 9.59 Å². The van der Waals surface area contributed by atoms with E-state index in [1.54, 1.807) is 17.0 Å². The SMILES string of the molecule is CC(=O)c1cc2coccc-2c1NC(=C[N+](=O)[O-])N[C@H]1CCCCN(CC(=O)N2CCCC2)C1=O. The molecule has 0 aromatic heterocycles. The van der Waals surface area contributed by atoms with Gasteiger partial charge in [-0.2, -0.15) is 0 Å². The monoisotopic (exact) mass is 483 g/mol. The van der Waals surface area contributed by atoms with Gasteiger partial charge in [0.2, 0.25) is 11.8 Å². The molecule has 3 heterocycles. The maximum absolute atomic E-state index is 13.3. The third-order valence-electron chi connectivity index (χ3n) is 6.43. The summed E-state index contributed by atoms with van der Waals surface area (Å²) in [5, 5.41) is 17.3. The molecule has 4 rings (SSSR count). The van der Waals surface area contributed by atoms with Crippen molar-refractivity contribution < 1.29 is 23.7 Å². The molecule has 2 amide bonds. The Labute approximate surface area is 202 Å². The van der Waals surface area contributed by atoms with Crippen LogP contribution in [0.1, 0.15) is 49.4 Å². The standard InChI is InChI=1S/C24H29N5O6/c1-16(30)19-12-17-15-35-11-7-18(17)23(19)26-21(13-29(33)34)25-20-6-2-3-10-28(24(20)32)14-22(31)27-8-4-5-9-27/h7,11-13,15,20,25-26H,2-6,8-10,14H2,1H3/t20-/m0/s1. The summed E-state index contributed by atoms with van der Waals surface area (Å²) in [6.07, 6.45) is 7.55. The number of carbonyl (C=O) groups excluding carboxylic acids is 3. The van der Waals surface area contributed by atoms with Crippen LogP contribution in [0.5, 0.6) is 0 Å². The zero-order valence-electron chi connectivity index (χ0n) is 19.6. The lowest BCUT2D eigenvalue weighted by Gasteiger charge is -2.27. The van der Waals surface area contributed by atoms with Gasteiger partial charge in [-0.15, -0.1) is 0 Å². The second-order valence-electron chi connectivity index (χ2n) is 8.91. The predicted molar refractivity (Wildman–Crippen MR) is 127 cm³/mol. The van der Waals surface area contributed by atoms with Crippen molar-refractivity contribution in [2.75, 3.05) is 31.5 Å². The molecule has 0 saturated carbocycles. The Morgan fingerprint density at radius 2 is 1.97 bits per heavy atom. The molecule has 1 aliphatic carbocycles. The molecule has 0 aromatic carbocycles. The largest absolute Gasteiger partial charge is 0.472 e. The lowest BCUT2D eigenvalue weighted by atomic mass is 10.1. The van der Waals surface area contributed by atoms with Gasteiger partial charge in [0, 0.05) is 36.3 Å². The van der Waals surface area contributed by atoms with Crippen molar-refractivity contribution in [1.82, 2.24) is 15.1 Å². The minimum absolute atomic E-state index is 0.00417. The zero-order valence-corrected chi connectivity index (χ0v) is 19.6. The smallest absolute Gasteiger partial charge is 0.274 e. The van der Waals surface area contributed by atoms with Crippen molar-refractivity contribution in [3.8, 4) is 11.1 Å². The van der Waals surface area contributed by atoms with Gasteiger partial charge in [0.25, 0.3) is 6.20 Å². The molecule has 3 aliphatic heterocycles. The molecule has 2 fully saturated rings. The summed E-state index contributed by atoms with van der Waals surface area (Å²) in [7, 11) is 0. The maximum Gasteiger partial charge on any atom is 0.274 e. The molecule has 11 nitrogen and oxygen atoms in total. The molecule has 186 valence electrons. The van der Waals surface area contributed by atoms with E-state index in [0.717, 1.165) is 31.9 Å². The summed E-state index contributed by atoms with van der Waals surface area (Å²) in [5.74, 6) is -0.586. The molecule has 0 unspecified atom stereocenters. The lowest BCUT2D eigenvalue weighted by molar-refractivity contribution is -0.403. The molecule has 0 spiro atoms. The second kappa shape index (κ2) is 10.6. The topological polar surface area (TPSA) is 138 Å². The van der Waals surface area contributed by atoms with Gasteiger partial charge in [0.15, 0.2) is 11.6 Å². The third-order valence-corrected chi connectivity index (χ3v) is 6.43. The fraction of sp³-hybridized carbons (Fsp3) is 0.458. The number of nitrogens with zero attached hydrogens (tertiary/aromatic N) is 3. The van der Waals surface area contributed by atoms with E-state index in [0.29, 0.717) is 48.4 Å². The Morgan fingerprint density at radius 1 is 1.23 bits per heavy atom. The van der Waals surface area contributed by atoms with Gasteiger partial charge in [-0.05, 0) is 51.2 Å². The van der Waals surface area contributed by atoms with Crippen LogP contribution in [0.15, 0.2) is 41.1 Å². The Morgan fingerprint density at radius 3 is 2.69 bits per heavy atom. The van der Waals surface area contributed by atoms with Gasteiger partial charge in [0.05, 0.1) is 29.7 Å². The number of carbonyl (C=O) groups is 3. The van der Waals surface area contributed by atoms with E-state index in [2.05, 4.69) is 10.6 Å². The number of rotatable bonds is 8. The molecule has 1 atom stereocenters. The molecule has 35 heavy (non-hydrogen) atoms. The summed E-state index contributed by atoms with van der Waals surface area (Å²) in [6.45, 7) is 3.29. The number of Topliss-reactive ketones (excluding diaryl/α,β-unsaturated/α-hetero) is 1. The van der Waals surface area contributed by atoms with E-state index in [-0.39, 0.29) is 30.0 Å². The lowest BCUT2D eigenvalue weighted by Crippen LogP contribution is -2.49. The van der Waals surface area contributed by atoms with Gasteiger partial charge in [-0.1, -0.05) is 0 Å². The third kappa shape index (κ3) is 5.61. The molecule has 0 bridgehead atoms. The van der Waals surface area contributed by atoms with Gasteiger partial charge >= 0.3 is 0 Å². The maximum atomic E-state index is 13.3. The van der Waals surface area contributed by atoms with Crippen LogP contribution in [0.2, 0.25) is 0 Å². The van der Waals surface area contributed by atoms with Crippen LogP contribution in [0.25, 0.3) is 11.1 Å². The number of ketones is 1. The molecular formula is C24H29N5O6. The number of nitro groups is 1. The second-order valence-corrected chi connectivity index (χ2v) is 8.91. The quantitative estimate of drug-likeness (QED) is 0.332. The first-order chi connectivity index (χ1) is 16.8. The van der Waals surface area contributed by atoms with E-state index in [1.807, 2.05) is 0 Å². The Balaban J connectivity index is 1.55. The summed E-state index contributed by atoms with van der Waals surface area (Å²) in [4.78, 5) is 52.3. The number of amides is 2. The Bertz CT molecular complexity index is 1120. The number of nitrogens with one attached hydrogen (secondary N) is 2. The van der Waals surface area contributed by atoms with Crippen molar-refractivity contribution in [2.24, 2.45) is 0 Å². The number of anilines is 1. The number of fused-ring (bicyclic) bond motifs is 1. The molecule has 2 saturated heterocycles. The molecule has 0 radical (unpaired) electrons. The summed E-state index contributed by atoms with van der Waals surface area (Å²) in [5.41, 5.74) is 2.06. The first kappa shape index (κ1) is 24.2. The van der Waals surface area contributed by atoms with Crippen molar-refractivity contribution >= 4 is 23.3 Å². The van der Waals surface area contributed by atoms with E-state index < -0.39 is 11.0 Å². The Kier molecular flexibility index (Phi) is 7.33. The molecule has 11 heteroatoms. The summed E-state index contributed by atoms with van der Waals surface area (Å²) < 4.78 is 5.18. The number of likely N-dealkylation sites (tertiary alicyclic amines) is 2.